The Kier molecular flexibility index (Phi) is 5.07. The van der Waals surface area contributed by atoms with E-state index < -0.39 is 0 Å². The number of unbranched alkanes of at least 4 members (excludes halogenated alkanes) is 1. The number of hydrogen-bond acceptors (Lipinski definition) is 1. The molecule has 0 unspecified atom stereocenters. The first-order valence-corrected chi connectivity index (χ1v) is 2.37. The van der Waals surface area contributed by atoms with E-state index in [0.29, 0.717) is 0 Å². The molecule has 1 heteroatoms. The van der Waals surface area contributed by atoms with Gasteiger partial charge in [0, 0.05) is 6.61 Å². The largest absolute Gasteiger partial charge is 0.396 e. The molecule has 0 aromatic rings. The summed E-state index contributed by atoms with van der Waals surface area (Å²) in [6.07, 6.45) is 3.53. The first-order chi connectivity index (χ1) is 3.41. The van der Waals surface area contributed by atoms with Gasteiger partial charge in [-0.3, -0.25) is 0 Å². The summed E-state index contributed by atoms with van der Waals surface area (Å²) >= 11 is 0. The van der Waals surface area contributed by atoms with Crippen molar-refractivity contribution in [1.82, 2.24) is 0 Å². The SMILES string of the molecule is C=C=CCCCO. The maximum Gasteiger partial charge on any atom is 0.0434 e. The van der Waals surface area contributed by atoms with Crippen LogP contribution in [0.5, 0.6) is 0 Å². The highest BCUT2D eigenvalue weighted by atomic mass is 16.2. The third-order valence-electron chi connectivity index (χ3n) is 0.651. The highest BCUT2D eigenvalue weighted by molar-refractivity contribution is 4.74. The molecule has 0 fully saturated rings. The van der Waals surface area contributed by atoms with Gasteiger partial charge >= 0.3 is 0 Å². The Morgan fingerprint density at radius 2 is 2.43 bits per heavy atom. The summed E-state index contributed by atoms with van der Waals surface area (Å²) in [4.78, 5) is 0. The monoisotopic (exact) mass is 98.1 g/mol. The Labute approximate surface area is 44.0 Å². The van der Waals surface area contributed by atoms with Crippen LogP contribution in [0.1, 0.15) is 12.8 Å². The lowest BCUT2D eigenvalue weighted by Crippen LogP contribution is -1.76. The summed E-state index contributed by atoms with van der Waals surface area (Å²) in [5, 5.41) is 8.22. The van der Waals surface area contributed by atoms with Crippen LogP contribution in [0.3, 0.4) is 0 Å². The predicted molar refractivity (Wildman–Crippen MR) is 30.0 cm³/mol. The lowest BCUT2D eigenvalue weighted by Gasteiger charge is -1.81. The number of aliphatic hydroxyl groups is 1. The molecule has 1 N–H and O–H groups in total. The second-order valence-corrected chi connectivity index (χ2v) is 1.27. The molecule has 0 aliphatic carbocycles. The highest BCUT2D eigenvalue weighted by Crippen LogP contribution is 1.84. The van der Waals surface area contributed by atoms with E-state index in [1.54, 1.807) is 0 Å². The third-order valence-corrected chi connectivity index (χ3v) is 0.651. The maximum atomic E-state index is 8.22. The molecule has 0 aromatic carbocycles. The number of allylic oxidation sites excluding steroid dienone is 1. The van der Waals surface area contributed by atoms with E-state index in [9.17, 15) is 0 Å². The molecule has 0 aromatic heterocycles. The molecule has 0 aliphatic heterocycles. The molecule has 1 nitrogen and oxygen atoms in total. The van der Waals surface area contributed by atoms with Crippen molar-refractivity contribution in [3.63, 3.8) is 0 Å². The van der Waals surface area contributed by atoms with E-state index in [4.69, 9.17) is 5.11 Å². The third kappa shape index (κ3) is 5.48. The molecule has 0 amide bonds. The molecule has 0 saturated carbocycles. The average molecular weight is 98.1 g/mol. The second-order valence-electron chi connectivity index (χ2n) is 1.27. The average Bonchev–Trinajstić information content (AvgIpc) is 1.69. The lowest BCUT2D eigenvalue weighted by atomic mass is 10.3. The highest BCUT2D eigenvalue weighted by Gasteiger charge is 1.73. The van der Waals surface area contributed by atoms with Crippen molar-refractivity contribution < 1.29 is 5.11 Å². The first-order valence-electron chi connectivity index (χ1n) is 2.37. The molecule has 0 spiro atoms. The van der Waals surface area contributed by atoms with Crippen molar-refractivity contribution >= 4 is 0 Å². The summed E-state index contributed by atoms with van der Waals surface area (Å²) in [5.41, 5.74) is 2.62. The van der Waals surface area contributed by atoms with E-state index in [2.05, 4.69) is 12.3 Å². The fraction of sp³-hybridized carbons (Fsp3) is 0.500. The van der Waals surface area contributed by atoms with E-state index >= 15 is 0 Å². The summed E-state index contributed by atoms with van der Waals surface area (Å²) < 4.78 is 0. The van der Waals surface area contributed by atoms with Gasteiger partial charge in [-0.1, -0.05) is 6.58 Å². The maximum absolute atomic E-state index is 8.22. The fourth-order valence-electron chi connectivity index (χ4n) is 0.295. The van der Waals surface area contributed by atoms with Crippen molar-refractivity contribution in [3.05, 3.63) is 18.4 Å². The van der Waals surface area contributed by atoms with Gasteiger partial charge in [0.25, 0.3) is 0 Å². The van der Waals surface area contributed by atoms with Gasteiger partial charge in [0.15, 0.2) is 0 Å². The molecule has 0 aliphatic rings. The molecule has 0 saturated heterocycles. The Bertz CT molecular complexity index is 70.2. The van der Waals surface area contributed by atoms with E-state index in [0.717, 1.165) is 12.8 Å². The standard InChI is InChI=1S/C6H10O/c1-2-3-4-5-6-7/h3,7H,1,4-6H2. The number of rotatable bonds is 3. The molecule has 0 atom stereocenters. The van der Waals surface area contributed by atoms with Crippen LogP contribution in [0.25, 0.3) is 0 Å². The van der Waals surface area contributed by atoms with Crippen LogP contribution in [0.2, 0.25) is 0 Å². The fourth-order valence-corrected chi connectivity index (χ4v) is 0.295. The Morgan fingerprint density at radius 3 is 2.86 bits per heavy atom. The van der Waals surface area contributed by atoms with Crippen molar-refractivity contribution in [3.8, 4) is 0 Å². The molecule has 40 valence electrons. The molecule has 0 radical (unpaired) electrons. The van der Waals surface area contributed by atoms with Gasteiger partial charge in [0.1, 0.15) is 0 Å². The molecule has 7 heavy (non-hydrogen) atoms. The van der Waals surface area contributed by atoms with Crippen LogP contribution in [-0.2, 0) is 0 Å². The van der Waals surface area contributed by atoms with Gasteiger partial charge in [-0.05, 0) is 18.9 Å². The van der Waals surface area contributed by atoms with E-state index in [1.165, 1.54) is 0 Å². The Balaban J connectivity index is 2.83. The van der Waals surface area contributed by atoms with Crippen LogP contribution in [0, 0.1) is 0 Å². The molecule has 0 rings (SSSR count). The minimum absolute atomic E-state index is 0.262. The molecule has 0 bridgehead atoms. The topological polar surface area (TPSA) is 20.2 Å². The van der Waals surface area contributed by atoms with Crippen molar-refractivity contribution in [2.75, 3.05) is 6.61 Å². The smallest absolute Gasteiger partial charge is 0.0434 e. The van der Waals surface area contributed by atoms with Crippen molar-refractivity contribution in [1.29, 1.82) is 0 Å². The van der Waals surface area contributed by atoms with Gasteiger partial charge in [-0.2, -0.15) is 0 Å². The van der Waals surface area contributed by atoms with Gasteiger partial charge < -0.3 is 5.11 Å². The first kappa shape index (κ1) is 6.48. The zero-order valence-electron chi connectivity index (χ0n) is 4.35. The lowest BCUT2D eigenvalue weighted by molar-refractivity contribution is 0.289. The van der Waals surface area contributed by atoms with E-state index in [-0.39, 0.29) is 6.61 Å². The Hall–Kier alpha value is -0.520. The zero-order chi connectivity index (χ0) is 5.54. The normalized spacial score (nSPS) is 7.57. The van der Waals surface area contributed by atoms with Crippen molar-refractivity contribution in [2.45, 2.75) is 12.8 Å². The molecule has 0 heterocycles. The summed E-state index contributed by atoms with van der Waals surface area (Å²) in [5.74, 6) is 0. The number of aliphatic hydroxyl groups excluding tert-OH is 1. The molecular weight excluding hydrogens is 88.1 g/mol. The quantitative estimate of drug-likeness (QED) is 0.414. The van der Waals surface area contributed by atoms with Crippen molar-refractivity contribution in [2.24, 2.45) is 0 Å². The second kappa shape index (κ2) is 5.48. The zero-order valence-corrected chi connectivity index (χ0v) is 4.35. The van der Waals surface area contributed by atoms with Crippen LogP contribution in [-0.4, -0.2) is 11.7 Å². The van der Waals surface area contributed by atoms with Gasteiger partial charge in [0.05, 0.1) is 0 Å². The minimum atomic E-state index is 0.262. The van der Waals surface area contributed by atoms with Gasteiger partial charge in [0.2, 0.25) is 0 Å². The van der Waals surface area contributed by atoms with Crippen LogP contribution >= 0.6 is 0 Å². The van der Waals surface area contributed by atoms with E-state index in [1.807, 2.05) is 6.08 Å². The number of hydrogen-bond donors (Lipinski definition) is 1. The van der Waals surface area contributed by atoms with Crippen LogP contribution < -0.4 is 0 Å². The van der Waals surface area contributed by atoms with Gasteiger partial charge in [-0.25, -0.2) is 0 Å². The van der Waals surface area contributed by atoms with Crippen LogP contribution in [0.15, 0.2) is 18.4 Å². The minimum Gasteiger partial charge on any atom is -0.396 e. The molecular formula is C6H10O. The summed E-state index contributed by atoms with van der Waals surface area (Å²) in [7, 11) is 0. The van der Waals surface area contributed by atoms with Gasteiger partial charge in [-0.15, -0.1) is 5.73 Å². The summed E-state index contributed by atoms with van der Waals surface area (Å²) in [6, 6.07) is 0. The summed E-state index contributed by atoms with van der Waals surface area (Å²) in [6.45, 7) is 3.63. The predicted octanol–water partition coefficient (Wildman–Crippen LogP) is 1.10. The van der Waals surface area contributed by atoms with Crippen LogP contribution in [0.4, 0.5) is 0 Å². The Morgan fingerprint density at radius 1 is 1.71 bits per heavy atom.